The molecule has 1 aromatic carbocycles. The van der Waals surface area contributed by atoms with E-state index in [1.54, 1.807) is 24.3 Å². The fourth-order valence-electron chi connectivity index (χ4n) is 5.19. The van der Waals surface area contributed by atoms with E-state index in [1.165, 1.54) is 64.8 Å². The average Bonchev–Trinajstić information content (AvgIpc) is 2.74. The van der Waals surface area contributed by atoms with Crippen LogP contribution in [-0.2, 0) is 0 Å². The third-order valence-electron chi connectivity index (χ3n) is 6.70. The van der Waals surface area contributed by atoms with Crippen molar-refractivity contribution in [2.75, 3.05) is 44.6 Å². The first-order chi connectivity index (χ1) is 13.7. The van der Waals surface area contributed by atoms with Gasteiger partial charge in [0.25, 0.3) is 0 Å². The second kappa shape index (κ2) is 8.93. The maximum Gasteiger partial charge on any atom is 0.319 e. The van der Waals surface area contributed by atoms with Gasteiger partial charge in [0.1, 0.15) is 0 Å². The Morgan fingerprint density at radius 3 is 2.82 bits per heavy atom. The van der Waals surface area contributed by atoms with Crippen molar-refractivity contribution < 1.29 is 4.79 Å². The predicted octanol–water partition coefficient (Wildman–Crippen LogP) is 2.88. The molecule has 4 unspecified atom stereocenters. The SMILES string of the molecule is N#Cc1cccc(NC(=O)NCC2CC3CCN2CC3CN2CCCCC2)c1. The number of likely N-dealkylation sites (tertiary alicyclic amines) is 1. The van der Waals surface area contributed by atoms with Gasteiger partial charge in [0, 0.05) is 31.4 Å². The van der Waals surface area contributed by atoms with Crippen molar-refractivity contribution in [2.24, 2.45) is 11.8 Å². The zero-order valence-electron chi connectivity index (χ0n) is 16.6. The minimum atomic E-state index is -0.192. The van der Waals surface area contributed by atoms with E-state index in [0.717, 1.165) is 11.8 Å². The molecule has 0 saturated carbocycles. The molecule has 4 saturated heterocycles. The van der Waals surface area contributed by atoms with Gasteiger partial charge in [-0.15, -0.1) is 0 Å². The van der Waals surface area contributed by atoms with Gasteiger partial charge in [-0.05, 0) is 75.4 Å². The minimum absolute atomic E-state index is 0.192. The van der Waals surface area contributed by atoms with Gasteiger partial charge < -0.3 is 15.5 Å². The molecule has 0 aromatic heterocycles. The van der Waals surface area contributed by atoms with Crippen LogP contribution in [-0.4, -0.2) is 61.1 Å². The number of hydrogen-bond acceptors (Lipinski definition) is 4. The molecule has 0 radical (unpaired) electrons. The Bertz CT molecular complexity index is 724. The highest BCUT2D eigenvalue weighted by atomic mass is 16.2. The summed E-state index contributed by atoms with van der Waals surface area (Å²) in [6.07, 6.45) is 6.62. The van der Waals surface area contributed by atoms with Crippen LogP contribution in [0.5, 0.6) is 0 Å². The smallest absolute Gasteiger partial charge is 0.319 e. The van der Waals surface area contributed by atoms with E-state index in [9.17, 15) is 4.79 Å². The maximum atomic E-state index is 12.3. The monoisotopic (exact) mass is 381 g/mol. The molecule has 4 fully saturated rings. The number of piperidine rings is 4. The van der Waals surface area contributed by atoms with Gasteiger partial charge >= 0.3 is 6.03 Å². The number of carbonyl (C=O) groups excluding carboxylic acids is 1. The summed E-state index contributed by atoms with van der Waals surface area (Å²) in [4.78, 5) is 17.5. The first-order valence-corrected chi connectivity index (χ1v) is 10.7. The largest absolute Gasteiger partial charge is 0.336 e. The van der Waals surface area contributed by atoms with E-state index in [-0.39, 0.29) is 6.03 Å². The lowest BCUT2D eigenvalue weighted by atomic mass is 9.75. The summed E-state index contributed by atoms with van der Waals surface area (Å²) in [5.41, 5.74) is 1.21. The van der Waals surface area contributed by atoms with E-state index >= 15 is 0 Å². The van der Waals surface area contributed by atoms with Crippen LogP contribution < -0.4 is 10.6 Å². The summed E-state index contributed by atoms with van der Waals surface area (Å²) >= 11 is 0. The number of rotatable bonds is 5. The van der Waals surface area contributed by atoms with Gasteiger partial charge in [0.15, 0.2) is 0 Å². The van der Waals surface area contributed by atoms with Crippen molar-refractivity contribution in [3.05, 3.63) is 29.8 Å². The molecule has 4 heterocycles. The highest BCUT2D eigenvalue weighted by Crippen LogP contribution is 2.36. The summed E-state index contributed by atoms with van der Waals surface area (Å²) < 4.78 is 0. The van der Waals surface area contributed by atoms with Crippen LogP contribution in [0.4, 0.5) is 10.5 Å². The number of amides is 2. The van der Waals surface area contributed by atoms with Gasteiger partial charge in [-0.3, -0.25) is 4.90 Å². The number of nitrogens with one attached hydrogen (secondary N) is 2. The van der Waals surface area contributed by atoms with Crippen molar-refractivity contribution in [1.82, 2.24) is 15.1 Å². The lowest BCUT2D eigenvalue weighted by molar-refractivity contribution is -0.0128. The molecule has 28 heavy (non-hydrogen) atoms. The summed E-state index contributed by atoms with van der Waals surface area (Å²) in [6, 6.07) is 9.36. The fraction of sp³-hybridized carbons (Fsp3) is 0.636. The molecule has 5 rings (SSSR count). The number of urea groups is 1. The van der Waals surface area contributed by atoms with Crippen LogP contribution in [0.15, 0.2) is 24.3 Å². The summed E-state index contributed by atoms with van der Waals surface area (Å²) in [7, 11) is 0. The molecule has 2 N–H and O–H groups in total. The van der Waals surface area contributed by atoms with Gasteiger partial charge in [-0.25, -0.2) is 4.79 Å². The van der Waals surface area contributed by atoms with Crippen LogP contribution in [0.2, 0.25) is 0 Å². The van der Waals surface area contributed by atoms with E-state index in [0.29, 0.717) is 23.8 Å². The average molecular weight is 382 g/mol. The molecular weight excluding hydrogens is 350 g/mol. The number of fused-ring (bicyclic) bond motifs is 3. The Morgan fingerprint density at radius 2 is 2.07 bits per heavy atom. The molecule has 0 spiro atoms. The third-order valence-corrected chi connectivity index (χ3v) is 6.70. The Morgan fingerprint density at radius 1 is 1.21 bits per heavy atom. The number of nitrogens with zero attached hydrogens (tertiary/aromatic N) is 3. The van der Waals surface area contributed by atoms with Crippen LogP contribution in [0.3, 0.4) is 0 Å². The molecule has 6 heteroatoms. The lowest BCUT2D eigenvalue weighted by Gasteiger charge is -2.51. The molecular formula is C22H31N5O. The highest BCUT2D eigenvalue weighted by Gasteiger charge is 2.40. The second-order valence-corrected chi connectivity index (χ2v) is 8.58. The Balaban J connectivity index is 1.24. The first-order valence-electron chi connectivity index (χ1n) is 10.7. The number of nitriles is 1. The third kappa shape index (κ3) is 4.65. The molecule has 6 nitrogen and oxygen atoms in total. The quantitative estimate of drug-likeness (QED) is 0.823. The molecule has 2 bridgehead atoms. The van der Waals surface area contributed by atoms with Crippen LogP contribution in [0.1, 0.15) is 37.7 Å². The topological polar surface area (TPSA) is 71.4 Å². The Hall–Kier alpha value is -2.10. The van der Waals surface area contributed by atoms with E-state index in [4.69, 9.17) is 5.26 Å². The molecule has 2 amide bonds. The molecule has 150 valence electrons. The van der Waals surface area contributed by atoms with E-state index < -0.39 is 0 Å². The van der Waals surface area contributed by atoms with E-state index in [1.807, 2.05) is 0 Å². The van der Waals surface area contributed by atoms with Gasteiger partial charge in [0.2, 0.25) is 0 Å². The number of carbonyl (C=O) groups is 1. The fourth-order valence-corrected chi connectivity index (χ4v) is 5.19. The standard InChI is InChI=1S/C22H31N5O/c23-13-17-5-4-6-20(11-17)25-22(28)24-14-21-12-18-7-10-27(21)16-19(18)15-26-8-2-1-3-9-26/h4-6,11,18-19,21H,1-3,7-10,12,14-16H2,(H2,24,25,28). The first kappa shape index (κ1) is 19.2. The van der Waals surface area contributed by atoms with Crippen molar-refractivity contribution in [2.45, 2.75) is 38.1 Å². The van der Waals surface area contributed by atoms with Crippen LogP contribution in [0, 0.1) is 23.2 Å². The molecule has 4 atom stereocenters. The Kier molecular flexibility index (Phi) is 6.13. The van der Waals surface area contributed by atoms with Crippen LogP contribution in [0.25, 0.3) is 0 Å². The molecule has 4 aliphatic heterocycles. The summed E-state index contributed by atoms with van der Waals surface area (Å²) in [5, 5.41) is 14.8. The predicted molar refractivity (Wildman–Crippen MR) is 110 cm³/mol. The lowest BCUT2D eigenvalue weighted by Crippen LogP contribution is -2.58. The molecule has 0 aliphatic carbocycles. The zero-order valence-corrected chi connectivity index (χ0v) is 16.6. The normalized spacial score (nSPS) is 29.8. The maximum absolute atomic E-state index is 12.3. The Labute approximate surface area is 167 Å². The van der Waals surface area contributed by atoms with Crippen molar-refractivity contribution in [3.63, 3.8) is 0 Å². The molecule has 4 aliphatic rings. The number of benzene rings is 1. The molecule has 1 aromatic rings. The number of hydrogen-bond donors (Lipinski definition) is 2. The van der Waals surface area contributed by atoms with Crippen molar-refractivity contribution in [3.8, 4) is 6.07 Å². The number of anilines is 1. The minimum Gasteiger partial charge on any atom is -0.336 e. The second-order valence-electron chi connectivity index (χ2n) is 8.58. The highest BCUT2D eigenvalue weighted by molar-refractivity contribution is 5.89. The van der Waals surface area contributed by atoms with Crippen molar-refractivity contribution >= 4 is 11.7 Å². The summed E-state index contributed by atoms with van der Waals surface area (Å²) in [5.74, 6) is 1.60. The van der Waals surface area contributed by atoms with Crippen LogP contribution >= 0.6 is 0 Å². The van der Waals surface area contributed by atoms with Gasteiger partial charge in [-0.2, -0.15) is 5.26 Å². The van der Waals surface area contributed by atoms with Crippen molar-refractivity contribution in [1.29, 1.82) is 5.26 Å². The zero-order chi connectivity index (χ0) is 19.3. The van der Waals surface area contributed by atoms with E-state index in [2.05, 4.69) is 26.5 Å². The van der Waals surface area contributed by atoms with Gasteiger partial charge in [0.05, 0.1) is 11.6 Å². The van der Waals surface area contributed by atoms with Gasteiger partial charge in [-0.1, -0.05) is 12.5 Å². The summed E-state index contributed by atoms with van der Waals surface area (Å²) in [6.45, 7) is 6.86.